The van der Waals surface area contributed by atoms with Gasteiger partial charge in [-0.1, -0.05) is 6.07 Å². The van der Waals surface area contributed by atoms with Crippen molar-refractivity contribution in [2.75, 3.05) is 25.2 Å². The van der Waals surface area contributed by atoms with E-state index >= 15 is 0 Å². The Bertz CT molecular complexity index is 380. The second kappa shape index (κ2) is 5.69. The Kier molecular flexibility index (Phi) is 4.24. The first-order valence-corrected chi connectivity index (χ1v) is 6.41. The van der Waals surface area contributed by atoms with Crippen LogP contribution in [0.2, 0.25) is 0 Å². The number of anilines is 1. The molecule has 1 aromatic rings. The van der Waals surface area contributed by atoms with Crippen LogP contribution in [0.3, 0.4) is 0 Å². The minimum absolute atomic E-state index is 0.197. The summed E-state index contributed by atoms with van der Waals surface area (Å²) >= 11 is 5.68. The summed E-state index contributed by atoms with van der Waals surface area (Å²) in [6, 6.07) is 5.56. The van der Waals surface area contributed by atoms with Crippen molar-refractivity contribution in [2.24, 2.45) is 0 Å². The average molecular weight is 258 g/mol. The molecule has 1 saturated heterocycles. The topological polar surface area (TPSA) is 12.5 Å². The maximum Gasteiger partial charge on any atom is 0.146 e. The Balaban J connectivity index is 2.15. The molecule has 2 nitrogen and oxygen atoms in total. The Morgan fingerprint density at radius 3 is 2.71 bits per heavy atom. The zero-order valence-corrected chi connectivity index (χ0v) is 10.7. The molecule has 0 atom stereocenters. The second-order valence-corrected chi connectivity index (χ2v) is 4.64. The number of benzene rings is 1. The molecule has 1 heterocycles. The molecular weight excluding hydrogens is 241 g/mol. The smallest absolute Gasteiger partial charge is 0.146 e. The van der Waals surface area contributed by atoms with Crippen LogP contribution in [0.4, 0.5) is 10.1 Å². The first kappa shape index (κ1) is 12.7. The molecule has 0 bridgehead atoms. The third-order valence-corrected chi connectivity index (χ3v) is 3.59. The monoisotopic (exact) mass is 257 g/mol. The molecular formula is C13H17ClFNO. The molecule has 1 aliphatic heterocycles. The van der Waals surface area contributed by atoms with Crippen molar-refractivity contribution in [3.05, 3.63) is 29.6 Å². The van der Waals surface area contributed by atoms with Gasteiger partial charge in [0.15, 0.2) is 0 Å². The van der Waals surface area contributed by atoms with Gasteiger partial charge in [-0.25, -0.2) is 4.39 Å². The van der Waals surface area contributed by atoms with Crippen molar-refractivity contribution in [1.82, 2.24) is 0 Å². The van der Waals surface area contributed by atoms with E-state index < -0.39 is 0 Å². The predicted molar refractivity (Wildman–Crippen MR) is 68.2 cm³/mol. The molecule has 2 rings (SSSR count). The van der Waals surface area contributed by atoms with Crippen LogP contribution in [0.25, 0.3) is 0 Å². The zero-order valence-electron chi connectivity index (χ0n) is 9.96. The number of halogens is 2. The van der Waals surface area contributed by atoms with E-state index in [-0.39, 0.29) is 5.82 Å². The summed E-state index contributed by atoms with van der Waals surface area (Å²) in [6.07, 6.45) is 1.90. The standard InChI is InChI=1S/C13H17ClFNO/c1-16(11-4-6-17-7-5-11)13-3-2-10(9-14)8-12(13)15/h2-3,8,11H,4-7,9H2,1H3. The Labute approximate surface area is 106 Å². The van der Waals surface area contributed by atoms with Crippen LogP contribution in [0.1, 0.15) is 18.4 Å². The fraction of sp³-hybridized carbons (Fsp3) is 0.538. The van der Waals surface area contributed by atoms with E-state index in [1.165, 1.54) is 6.07 Å². The number of hydrogen-bond donors (Lipinski definition) is 0. The van der Waals surface area contributed by atoms with Crippen molar-refractivity contribution in [2.45, 2.75) is 24.8 Å². The van der Waals surface area contributed by atoms with Crippen LogP contribution < -0.4 is 4.90 Å². The van der Waals surface area contributed by atoms with Crippen LogP contribution >= 0.6 is 11.6 Å². The van der Waals surface area contributed by atoms with Gasteiger partial charge in [-0.2, -0.15) is 0 Å². The lowest BCUT2D eigenvalue weighted by molar-refractivity contribution is 0.0853. The Morgan fingerprint density at radius 2 is 2.12 bits per heavy atom. The lowest BCUT2D eigenvalue weighted by atomic mass is 10.1. The van der Waals surface area contributed by atoms with Crippen LogP contribution in [0.5, 0.6) is 0 Å². The van der Waals surface area contributed by atoms with Crippen LogP contribution in [0, 0.1) is 5.82 Å². The largest absolute Gasteiger partial charge is 0.381 e. The third-order valence-electron chi connectivity index (χ3n) is 3.28. The summed E-state index contributed by atoms with van der Waals surface area (Å²) < 4.78 is 19.2. The van der Waals surface area contributed by atoms with Gasteiger partial charge in [0, 0.05) is 32.2 Å². The maximum atomic E-state index is 13.9. The lowest BCUT2D eigenvalue weighted by Gasteiger charge is -2.33. The number of rotatable bonds is 3. The highest BCUT2D eigenvalue weighted by atomic mass is 35.5. The number of ether oxygens (including phenoxy) is 1. The van der Waals surface area contributed by atoms with Crippen LogP contribution in [-0.4, -0.2) is 26.3 Å². The van der Waals surface area contributed by atoms with Crippen LogP contribution in [-0.2, 0) is 10.6 Å². The van der Waals surface area contributed by atoms with Crippen LogP contribution in [0.15, 0.2) is 18.2 Å². The van der Waals surface area contributed by atoms with Crippen molar-refractivity contribution in [3.63, 3.8) is 0 Å². The minimum Gasteiger partial charge on any atom is -0.381 e. The van der Waals surface area contributed by atoms with E-state index in [1.54, 1.807) is 0 Å². The molecule has 0 unspecified atom stereocenters. The van der Waals surface area contributed by atoms with Gasteiger partial charge in [0.25, 0.3) is 0 Å². The van der Waals surface area contributed by atoms with E-state index in [4.69, 9.17) is 16.3 Å². The Morgan fingerprint density at radius 1 is 1.41 bits per heavy atom. The summed E-state index contributed by atoms with van der Waals surface area (Å²) in [5.41, 5.74) is 1.46. The molecule has 17 heavy (non-hydrogen) atoms. The molecule has 1 aromatic carbocycles. The maximum absolute atomic E-state index is 13.9. The molecule has 4 heteroatoms. The summed E-state index contributed by atoms with van der Waals surface area (Å²) in [6.45, 7) is 1.52. The molecule has 0 radical (unpaired) electrons. The van der Waals surface area contributed by atoms with E-state index in [0.717, 1.165) is 31.6 Å². The van der Waals surface area contributed by atoms with E-state index in [2.05, 4.69) is 0 Å². The van der Waals surface area contributed by atoms with Crippen molar-refractivity contribution < 1.29 is 9.13 Å². The van der Waals surface area contributed by atoms with Crippen molar-refractivity contribution in [1.29, 1.82) is 0 Å². The van der Waals surface area contributed by atoms with Gasteiger partial charge >= 0.3 is 0 Å². The number of nitrogens with zero attached hydrogens (tertiary/aromatic N) is 1. The van der Waals surface area contributed by atoms with E-state index in [0.29, 0.717) is 17.6 Å². The molecule has 94 valence electrons. The van der Waals surface area contributed by atoms with Crippen molar-refractivity contribution >= 4 is 17.3 Å². The fourth-order valence-electron chi connectivity index (χ4n) is 2.19. The summed E-state index contributed by atoms with van der Waals surface area (Å²) in [4.78, 5) is 2.01. The van der Waals surface area contributed by atoms with E-state index in [9.17, 15) is 4.39 Å². The molecule has 0 spiro atoms. The quantitative estimate of drug-likeness (QED) is 0.771. The molecule has 0 aliphatic carbocycles. The molecule has 0 aromatic heterocycles. The average Bonchev–Trinajstić information content (AvgIpc) is 2.39. The second-order valence-electron chi connectivity index (χ2n) is 4.37. The normalized spacial score (nSPS) is 17.1. The lowest BCUT2D eigenvalue weighted by Crippen LogP contribution is -2.37. The molecule has 0 saturated carbocycles. The summed E-state index contributed by atoms with van der Waals surface area (Å²) in [5, 5.41) is 0. The van der Waals surface area contributed by atoms with Gasteiger partial charge in [0.05, 0.1) is 5.69 Å². The highest BCUT2D eigenvalue weighted by Gasteiger charge is 2.20. The highest BCUT2D eigenvalue weighted by molar-refractivity contribution is 6.17. The summed E-state index contributed by atoms with van der Waals surface area (Å²) in [7, 11) is 1.94. The molecule has 1 aliphatic rings. The van der Waals surface area contributed by atoms with Gasteiger partial charge in [0.2, 0.25) is 0 Å². The zero-order chi connectivity index (χ0) is 12.3. The van der Waals surface area contributed by atoms with Gasteiger partial charge < -0.3 is 9.64 Å². The van der Waals surface area contributed by atoms with Crippen molar-refractivity contribution in [3.8, 4) is 0 Å². The van der Waals surface area contributed by atoms with Gasteiger partial charge in [-0.15, -0.1) is 11.6 Å². The SMILES string of the molecule is CN(c1ccc(CCl)cc1F)C1CCOCC1. The highest BCUT2D eigenvalue weighted by Crippen LogP contribution is 2.25. The van der Waals surface area contributed by atoms with Gasteiger partial charge in [0.1, 0.15) is 5.82 Å². The minimum atomic E-state index is -0.197. The molecule has 1 fully saturated rings. The predicted octanol–water partition coefficient (Wildman–Crippen LogP) is 3.18. The van der Waals surface area contributed by atoms with E-state index in [1.807, 2.05) is 24.1 Å². The first-order valence-electron chi connectivity index (χ1n) is 5.87. The van der Waals surface area contributed by atoms with Gasteiger partial charge in [-0.3, -0.25) is 0 Å². The Hall–Kier alpha value is -0.800. The third kappa shape index (κ3) is 2.90. The number of hydrogen-bond acceptors (Lipinski definition) is 2. The molecule has 0 amide bonds. The first-order chi connectivity index (χ1) is 8.22. The number of alkyl halides is 1. The molecule has 0 N–H and O–H groups in total. The fourth-order valence-corrected chi connectivity index (χ4v) is 2.35. The van der Waals surface area contributed by atoms with Gasteiger partial charge in [-0.05, 0) is 30.5 Å². The summed E-state index contributed by atoms with van der Waals surface area (Å²) in [5.74, 6) is 0.148.